The first-order chi connectivity index (χ1) is 11.5. The number of carbonyl (C=O) groups is 2. The molecular weight excluding hydrogens is 316 g/mol. The van der Waals surface area contributed by atoms with Gasteiger partial charge in [0.2, 0.25) is 0 Å². The molecule has 8 heteroatoms. The summed E-state index contributed by atoms with van der Waals surface area (Å²) in [5.41, 5.74) is 0.531. The van der Waals surface area contributed by atoms with Crippen LogP contribution in [0.15, 0.2) is 42.1 Å². The second-order valence-electron chi connectivity index (χ2n) is 5.49. The van der Waals surface area contributed by atoms with E-state index in [2.05, 4.69) is 10.3 Å². The van der Waals surface area contributed by atoms with Gasteiger partial charge < -0.3 is 19.7 Å². The standard InChI is InChI=1S/C16H12N2O6/c19-10-6-9(12(21)14-13(10)23-14)18-16(22)24-15-11(20)5-7-3-1-2-4-8(7)17-15/h1-6,12-14,20-21H,(H,18,22). The number of amides is 1. The first kappa shape index (κ1) is 14.6. The Bertz CT molecular complexity index is 893. The fraction of sp³-hybridized carbons (Fsp3) is 0.188. The Kier molecular flexibility index (Phi) is 3.22. The van der Waals surface area contributed by atoms with Crippen molar-refractivity contribution >= 4 is 22.8 Å². The highest BCUT2D eigenvalue weighted by Crippen LogP contribution is 2.33. The quantitative estimate of drug-likeness (QED) is 0.691. The van der Waals surface area contributed by atoms with E-state index in [1.807, 2.05) is 0 Å². The average molecular weight is 328 g/mol. The lowest BCUT2D eigenvalue weighted by molar-refractivity contribution is -0.116. The Morgan fingerprint density at radius 3 is 2.96 bits per heavy atom. The van der Waals surface area contributed by atoms with Gasteiger partial charge >= 0.3 is 6.09 Å². The predicted molar refractivity (Wildman–Crippen MR) is 80.3 cm³/mol. The van der Waals surface area contributed by atoms with Crippen LogP contribution in [0, 0.1) is 0 Å². The van der Waals surface area contributed by atoms with E-state index >= 15 is 0 Å². The minimum atomic E-state index is -1.11. The van der Waals surface area contributed by atoms with Gasteiger partial charge in [0.15, 0.2) is 11.5 Å². The van der Waals surface area contributed by atoms with E-state index in [0.717, 1.165) is 6.08 Å². The largest absolute Gasteiger partial charge is 0.503 e. The fourth-order valence-electron chi connectivity index (χ4n) is 2.59. The summed E-state index contributed by atoms with van der Waals surface area (Å²) in [7, 11) is 0. The Hall–Kier alpha value is -2.97. The molecule has 8 nitrogen and oxygen atoms in total. The van der Waals surface area contributed by atoms with Crippen molar-refractivity contribution in [3.05, 3.63) is 42.1 Å². The zero-order chi connectivity index (χ0) is 16.8. The third-order valence-corrected chi connectivity index (χ3v) is 3.84. The van der Waals surface area contributed by atoms with E-state index in [1.165, 1.54) is 6.07 Å². The number of hydrogen-bond acceptors (Lipinski definition) is 7. The molecule has 1 fully saturated rings. The van der Waals surface area contributed by atoms with Gasteiger partial charge in [0.1, 0.15) is 18.3 Å². The maximum atomic E-state index is 12.0. The summed E-state index contributed by atoms with van der Waals surface area (Å²) < 4.78 is 9.98. The number of fused-ring (bicyclic) bond motifs is 2. The van der Waals surface area contributed by atoms with Crippen molar-refractivity contribution in [1.29, 1.82) is 0 Å². The Morgan fingerprint density at radius 1 is 1.33 bits per heavy atom. The molecular formula is C16H12N2O6. The Labute approximate surface area is 135 Å². The third-order valence-electron chi connectivity index (χ3n) is 3.84. The van der Waals surface area contributed by atoms with Crippen LogP contribution < -0.4 is 10.1 Å². The molecule has 3 N–H and O–H groups in total. The minimum absolute atomic E-state index is 0.0102. The van der Waals surface area contributed by atoms with Crippen LogP contribution in [0.5, 0.6) is 11.6 Å². The molecule has 0 saturated carbocycles. The lowest BCUT2D eigenvalue weighted by Crippen LogP contribution is -2.38. The van der Waals surface area contributed by atoms with Gasteiger partial charge in [0.25, 0.3) is 5.88 Å². The highest BCUT2D eigenvalue weighted by Gasteiger charge is 2.53. The van der Waals surface area contributed by atoms with Crippen LogP contribution in [0.2, 0.25) is 0 Å². The number of aliphatic hydroxyl groups is 1. The summed E-state index contributed by atoms with van der Waals surface area (Å²) in [6, 6.07) is 8.43. The van der Waals surface area contributed by atoms with Gasteiger partial charge in [-0.25, -0.2) is 9.78 Å². The molecule has 0 bridgehead atoms. The zero-order valence-electron chi connectivity index (χ0n) is 12.2. The van der Waals surface area contributed by atoms with Gasteiger partial charge in [-0.05, 0) is 12.1 Å². The molecule has 2 heterocycles. The van der Waals surface area contributed by atoms with Gasteiger partial charge in [-0.2, -0.15) is 0 Å². The molecule has 1 aromatic carbocycles. The topological polar surface area (TPSA) is 121 Å². The number of benzene rings is 1. The van der Waals surface area contributed by atoms with Crippen LogP contribution in [0.25, 0.3) is 10.9 Å². The van der Waals surface area contributed by atoms with E-state index < -0.39 is 24.4 Å². The number of rotatable bonds is 2. The van der Waals surface area contributed by atoms with Crippen LogP contribution >= 0.6 is 0 Å². The molecule has 0 radical (unpaired) electrons. The van der Waals surface area contributed by atoms with Crippen molar-refractivity contribution in [1.82, 2.24) is 10.3 Å². The number of aromatic hydroxyl groups is 1. The van der Waals surface area contributed by atoms with Crippen molar-refractivity contribution in [2.75, 3.05) is 0 Å². The molecule has 1 aliphatic carbocycles. The van der Waals surface area contributed by atoms with Crippen molar-refractivity contribution in [2.45, 2.75) is 18.3 Å². The fourth-order valence-corrected chi connectivity index (χ4v) is 2.59. The van der Waals surface area contributed by atoms with Crippen molar-refractivity contribution in [3.8, 4) is 11.6 Å². The summed E-state index contributed by atoms with van der Waals surface area (Å²) in [6.07, 6.45) is -2.25. The van der Waals surface area contributed by atoms with Crippen molar-refractivity contribution in [2.24, 2.45) is 0 Å². The van der Waals surface area contributed by atoms with Crippen LogP contribution in [-0.2, 0) is 9.53 Å². The van der Waals surface area contributed by atoms with E-state index in [4.69, 9.17) is 9.47 Å². The molecule has 122 valence electrons. The first-order valence-corrected chi connectivity index (χ1v) is 7.19. The number of para-hydroxylation sites is 1. The first-order valence-electron chi connectivity index (χ1n) is 7.19. The number of epoxide rings is 1. The molecule has 1 aromatic heterocycles. The smallest absolute Gasteiger partial charge is 0.418 e. The number of aromatic nitrogens is 1. The van der Waals surface area contributed by atoms with Crippen LogP contribution in [0.3, 0.4) is 0 Å². The number of nitrogens with zero attached hydrogens (tertiary/aromatic N) is 1. The second-order valence-corrected chi connectivity index (χ2v) is 5.49. The lowest BCUT2D eigenvalue weighted by atomic mass is 10.0. The molecule has 4 rings (SSSR count). The molecule has 1 aliphatic heterocycles. The number of hydrogen-bond donors (Lipinski definition) is 3. The van der Waals surface area contributed by atoms with E-state index in [9.17, 15) is 19.8 Å². The van der Waals surface area contributed by atoms with Crippen molar-refractivity contribution < 1.29 is 29.3 Å². The SMILES string of the molecule is O=C(NC1=CC(=O)C2OC2C1O)Oc1nc2ccccc2cc1O. The summed E-state index contributed by atoms with van der Waals surface area (Å²) >= 11 is 0. The number of nitrogens with one attached hydrogen (secondary N) is 1. The monoisotopic (exact) mass is 328 g/mol. The lowest BCUT2D eigenvalue weighted by Gasteiger charge is -2.16. The maximum absolute atomic E-state index is 12.0. The average Bonchev–Trinajstić information content (AvgIpc) is 3.34. The highest BCUT2D eigenvalue weighted by molar-refractivity contribution is 5.98. The summed E-state index contributed by atoms with van der Waals surface area (Å²) in [5, 5.41) is 22.8. The maximum Gasteiger partial charge on any atom is 0.418 e. The number of ketones is 1. The van der Waals surface area contributed by atoms with Gasteiger partial charge in [-0.15, -0.1) is 0 Å². The van der Waals surface area contributed by atoms with Crippen LogP contribution in [0.4, 0.5) is 4.79 Å². The van der Waals surface area contributed by atoms with E-state index in [1.54, 1.807) is 24.3 Å². The molecule has 2 aromatic rings. The molecule has 3 unspecified atom stereocenters. The molecule has 1 saturated heterocycles. The molecule has 0 spiro atoms. The van der Waals surface area contributed by atoms with Gasteiger partial charge in [-0.1, -0.05) is 18.2 Å². The number of ether oxygens (including phenoxy) is 2. The summed E-state index contributed by atoms with van der Waals surface area (Å²) in [4.78, 5) is 27.6. The summed E-state index contributed by atoms with van der Waals surface area (Å²) in [6.45, 7) is 0. The van der Waals surface area contributed by atoms with Crippen molar-refractivity contribution in [3.63, 3.8) is 0 Å². The number of carbonyl (C=O) groups excluding carboxylic acids is 2. The van der Waals surface area contributed by atoms with Crippen LogP contribution in [0.1, 0.15) is 0 Å². The van der Waals surface area contributed by atoms with Crippen LogP contribution in [-0.4, -0.2) is 45.4 Å². The second kappa shape index (κ2) is 5.29. The van der Waals surface area contributed by atoms with Gasteiger partial charge in [0, 0.05) is 11.5 Å². The Balaban J connectivity index is 1.52. The normalized spacial score (nSPS) is 25.0. The number of aliphatic hydroxyl groups excluding tert-OH is 1. The highest BCUT2D eigenvalue weighted by atomic mass is 16.6. The molecule has 2 aliphatic rings. The minimum Gasteiger partial charge on any atom is -0.503 e. The zero-order valence-corrected chi connectivity index (χ0v) is 12.2. The van der Waals surface area contributed by atoms with E-state index in [-0.39, 0.29) is 23.1 Å². The Morgan fingerprint density at radius 2 is 2.12 bits per heavy atom. The van der Waals surface area contributed by atoms with E-state index in [0.29, 0.717) is 10.9 Å². The summed E-state index contributed by atoms with van der Waals surface area (Å²) in [5.74, 6) is -0.903. The molecule has 1 amide bonds. The van der Waals surface area contributed by atoms with Gasteiger partial charge in [0.05, 0.1) is 11.2 Å². The molecule has 3 atom stereocenters. The number of pyridine rings is 1. The third kappa shape index (κ3) is 2.47. The molecule has 24 heavy (non-hydrogen) atoms. The van der Waals surface area contributed by atoms with Gasteiger partial charge in [-0.3, -0.25) is 10.1 Å². The predicted octanol–water partition coefficient (Wildman–Crippen LogP) is 0.624.